The van der Waals surface area contributed by atoms with E-state index in [2.05, 4.69) is 0 Å². The Bertz CT molecular complexity index is 171. The Hall–Kier alpha value is -0.610. The molecule has 0 saturated carbocycles. The van der Waals surface area contributed by atoms with Crippen molar-refractivity contribution in [3.63, 3.8) is 0 Å². The predicted octanol–water partition coefficient (Wildman–Crippen LogP) is -0.232. The van der Waals surface area contributed by atoms with E-state index in [1.54, 1.807) is 4.90 Å². The van der Waals surface area contributed by atoms with Gasteiger partial charge in [-0.1, -0.05) is 0 Å². The summed E-state index contributed by atoms with van der Waals surface area (Å²) in [7, 11) is 0. The second-order valence-corrected chi connectivity index (χ2v) is 2.39. The number of ketones is 1. The normalized spacial score (nSPS) is 18.0. The van der Waals surface area contributed by atoms with Crippen molar-refractivity contribution in [3.05, 3.63) is 0 Å². The van der Waals surface area contributed by atoms with Crippen LogP contribution in [0.4, 0.5) is 0 Å². The van der Waals surface area contributed by atoms with Crippen LogP contribution in [0.15, 0.2) is 0 Å². The van der Waals surface area contributed by atoms with Gasteiger partial charge in [-0.15, -0.1) is 12.4 Å². The number of hydrogen-bond donors (Lipinski definition) is 1. The first-order chi connectivity index (χ1) is 4.68. The number of aliphatic carboxylic acids is 1. The van der Waals surface area contributed by atoms with Crippen LogP contribution in [0.5, 0.6) is 0 Å². The maximum atomic E-state index is 10.6. The van der Waals surface area contributed by atoms with E-state index in [-0.39, 0.29) is 24.7 Å². The molecule has 11 heavy (non-hydrogen) atoms. The Morgan fingerprint density at radius 1 is 1.64 bits per heavy atom. The Kier molecular flexibility index (Phi) is 4.07. The van der Waals surface area contributed by atoms with Crippen molar-refractivity contribution in [1.82, 2.24) is 4.90 Å². The lowest BCUT2D eigenvalue weighted by atomic mass is 10.4. The Morgan fingerprint density at radius 2 is 2.27 bits per heavy atom. The molecule has 4 nitrogen and oxygen atoms in total. The fraction of sp³-hybridized carbons (Fsp3) is 0.667. The molecule has 1 fully saturated rings. The van der Waals surface area contributed by atoms with Crippen LogP contribution in [0, 0.1) is 0 Å². The average Bonchev–Trinajstić information content (AvgIpc) is 2.13. The third kappa shape index (κ3) is 3.34. The fourth-order valence-corrected chi connectivity index (χ4v) is 1.02. The van der Waals surface area contributed by atoms with Crippen molar-refractivity contribution in [2.24, 2.45) is 0 Å². The van der Waals surface area contributed by atoms with Gasteiger partial charge in [-0.25, -0.2) is 0 Å². The minimum absolute atomic E-state index is 0. The number of carbonyl (C=O) groups is 2. The summed E-state index contributed by atoms with van der Waals surface area (Å²) >= 11 is 0. The van der Waals surface area contributed by atoms with Crippen LogP contribution in [-0.2, 0) is 9.59 Å². The molecule has 0 atom stereocenters. The Labute approximate surface area is 70.6 Å². The number of nitrogens with zero attached hydrogens (tertiary/aromatic N) is 1. The van der Waals surface area contributed by atoms with Crippen LogP contribution in [0.25, 0.3) is 0 Å². The summed E-state index contributed by atoms with van der Waals surface area (Å²) in [5.41, 5.74) is 0. The number of likely N-dealkylation sites (tertiary alicyclic amines) is 1. The highest BCUT2D eigenvalue weighted by atomic mass is 35.5. The van der Waals surface area contributed by atoms with E-state index in [1.807, 2.05) is 0 Å². The molecule has 1 saturated heterocycles. The smallest absolute Gasteiger partial charge is 0.317 e. The average molecular weight is 180 g/mol. The molecule has 1 aliphatic heterocycles. The number of Topliss-reactive ketones (excluding diaryl/α,β-unsaturated/α-hetero) is 1. The van der Waals surface area contributed by atoms with Gasteiger partial charge in [0.2, 0.25) is 0 Å². The highest BCUT2D eigenvalue weighted by molar-refractivity contribution is 5.85. The molecule has 0 aromatic carbocycles. The van der Waals surface area contributed by atoms with E-state index < -0.39 is 5.97 Å². The van der Waals surface area contributed by atoms with Crippen LogP contribution < -0.4 is 0 Å². The molecule has 64 valence electrons. The van der Waals surface area contributed by atoms with Crippen molar-refractivity contribution in [3.8, 4) is 0 Å². The summed E-state index contributed by atoms with van der Waals surface area (Å²) in [4.78, 5) is 22.3. The van der Waals surface area contributed by atoms with E-state index in [4.69, 9.17) is 5.11 Å². The SMILES string of the molecule is Cl.O=C(O)CN1CCC(=O)C1. The largest absolute Gasteiger partial charge is 0.480 e. The van der Waals surface area contributed by atoms with Gasteiger partial charge in [0.05, 0.1) is 13.1 Å². The molecule has 0 aromatic rings. The second kappa shape index (κ2) is 4.31. The number of hydrogen-bond acceptors (Lipinski definition) is 3. The highest BCUT2D eigenvalue weighted by Crippen LogP contribution is 2.02. The standard InChI is InChI=1S/C6H9NO3.ClH/c8-5-1-2-7(3-5)4-6(9)10;/h1-4H2,(H,9,10);1H. The Morgan fingerprint density at radius 3 is 2.64 bits per heavy atom. The number of carbonyl (C=O) groups excluding carboxylic acids is 1. The van der Waals surface area contributed by atoms with Crippen LogP contribution in [0.1, 0.15) is 6.42 Å². The third-order valence-corrected chi connectivity index (χ3v) is 1.47. The summed E-state index contributed by atoms with van der Waals surface area (Å²) in [5, 5.41) is 8.31. The summed E-state index contributed by atoms with van der Waals surface area (Å²) in [6.45, 7) is 0.906. The first kappa shape index (κ1) is 10.4. The number of rotatable bonds is 2. The van der Waals surface area contributed by atoms with Gasteiger partial charge in [0.1, 0.15) is 5.78 Å². The van der Waals surface area contributed by atoms with Crippen LogP contribution in [-0.4, -0.2) is 41.4 Å². The van der Waals surface area contributed by atoms with Gasteiger partial charge in [0, 0.05) is 13.0 Å². The fourth-order valence-electron chi connectivity index (χ4n) is 1.02. The minimum Gasteiger partial charge on any atom is -0.480 e. The molecule has 0 aliphatic carbocycles. The molecule has 0 spiro atoms. The lowest BCUT2D eigenvalue weighted by Gasteiger charge is -2.08. The van der Waals surface area contributed by atoms with Crippen molar-refractivity contribution >= 4 is 24.2 Å². The van der Waals surface area contributed by atoms with E-state index in [0.29, 0.717) is 19.5 Å². The van der Waals surface area contributed by atoms with Gasteiger partial charge in [-0.3, -0.25) is 14.5 Å². The molecular formula is C6H10ClNO3. The van der Waals surface area contributed by atoms with Gasteiger partial charge in [-0.2, -0.15) is 0 Å². The molecule has 1 N–H and O–H groups in total. The zero-order valence-corrected chi connectivity index (χ0v) is 6.76. The first-order valence-electron chi connectivity index (χ1n) is 3.14. The van der Waals surface area contributed by atoms with Gasteiger partial charge in [0.15, 0.2) is 0 Å². The first-order valence-corrected chi connectivity index (χ1v) is 3.14. The van der Waals surface area contributed by atoms with Crippen molar-refractivity contribution in [2.45, 2.75) is 6.42 Å². The van der Waals surface area contributed by atoms with Crippen LogP contribution in [0.2, 0.25) is 0 Å². The van der Waals surface area contributed by atoms with Crippen molar-refractivity contribution in [1.29, 1.82) is 0 Å². The van der Waals surface area contributed by atoms with Gasteiger partial charge >= 0.3 is 5.97 Å². The molecule has 0 radical (unpaired) electrons. The van der Waals surface area contributed by atoms with Crippen molar-refractivity contribution in [2.75, 3.05) is 19.6 Å². The highest BCUT2D eigenvalue weighted by Gasteiger charge is 2.20. The summed E-state index contributed by atoms with van der Waals surface area (Å²) in [6, 6.07) is 0. The van der Waals surface area contributed by atoms with Gasteiger partial charge < -0.3 is 5.11 Å². The molecule has 1 aliphatic rings. The van der Waals surface area contributed by atoms with Gasteiger partial charge in [-0.05, 0) is 0 Å². The Balaban J connectivity index is 0.000001000. The second-order valence-electron chi connectivity index (χ2n) is 2.39. The maximum Gasteiger partial charge on any atom is 0.317 e. The van der Waals surface area contributed by atoms with Crippen molar-refractivity contribution < 1.29 is 14.7 Å². The molecule has 0 unspecified atom stereocenters. The minimum atomic E-state index is -0.866. The van der Waals surface area contributed by atoms with Crippen LogP contribution in [0.3, 0.4) is 0 Å². The van der Waals surface area contributed by atoms with Crippen LogP contribution >= 0.6 is 12.4 Å². The maximum absolute atomic E-state index is 10.6. The monoisotopic (exact) mass is 179 g/mol. The van der Waals surface area contributed by atoms with E-state index in [1.165, 1.54) is 0 Å². The quantitative estimate of drug-likeness (QED) is 0.636. The topological polar surface area (TPSA) is 57.6 Å². The van der Waals surface area contributed by atoms with E-state index >= 15 is 0 Å². The molecule has 5 heteroatoms. The van der Waals surface area contributed by atoms with Gasteiger partial charge in [0.25, 0.3) is 0 Å². The molecule has 0 aromatic heterocycles. The number of carboxylic acid groups (broad SMARTS) is 1. The molecular weight excluding hydrogens is 170 g/mol. The summed E-state index contributed by atoms with van der Waals surface area (Å²) < 4.78 is 0. The van der Waals surface area contributed by atoms with E-state index in [9.17, 15) is 9.59 Å². The third-order valence-electron chi connectivity index (χ3n) is 1.47. The lowest BCUT2D eigenvalue weighted by molar-refractivity contribution is -0.138. The predicted molar refractivity (Wildman–Crippen MR) is 40.9 cm³/mol. The number of carboxylic acids is 1. The number of halogens is 1. The molecule has 0 amide bonds. The summed E-state index contributed by atoms with van der Waals surface area (Å²) in [5.74, 6) is -0.726. The zero-order valence-electron chi connectivity index (χ0n) is 5.95. The molecule has 0 bridgehead atoms. The zero-order chi connectivity index (χ0) is 7.56. The summed E-state index contributed by atoms with van der Waals surface area (Å²) in [6.07, 6.45) is 0.507. The molecule has 1 rings (SSSR count). The van der Waals surface area contributed by atoms with E-state index in [0.717, 1.165) is 0 Å². The lowest BCUT2D eigenvalue weighted by Crippen LogP contribution is -2.27. The molecule has 1 heterocycles.